The molecule has 2 aromatic carbocycles. The second-order valence-electron chi connectivity index (χ2n) is 5.56. The molecule has 11 heteroatoms. The number of para-hydroxylation sites is 2. The van der Waals surface area contributed by atoms with Crippen LogP contribution in [0.1, 0.15) is 10.4 Å². The van der Waals surface area contributed by atoms with Gasteiger partial charge in [0.05, 0.1) is 23.3 Å². The van der Waals surface area contributed by atoms with Gasteiger partial charge in [-0.2, -0.15) is 0 Å². The van der Waals surface area contributed by atoms with Crippen molar-refractivity contribution in [1.29, 1.82) is 0 Å². The van der Waals surface area contributed by atoms with E-state index in [0.717, 1.165) is 12.4 Å². The number of nitro groups is 1. The molecule has 0 spiro atoms. The minimum atomic E-state index is -0.824. The van der Waals surface area contributed by atoms with E-state index in [2.05, 4.69) is 26.1 Å². The van der Waals surface area contributed by atoms with Gasteiger partial charge >= 0.3 is 5.69 Å². The Morgan fingerprint density at radius 1 is 1.10 bits per heavy atom. The van der Waals surface area contributed by atoms with Crippen molar-refractivity contribution in [3.05, 3.63) is 76.4 Å². The number of ether oxygens (including phenoxy) is 1. The maximum atomic E-state index is 13.7. The summed E-state index contributed by atoms with van der Waals surface area (Å²) in [4.78, 5) is 30.7. The zero-order valence-electron chi connectivity index (χ0n) is 15.0. The Labute approximate surface area is 163 Å². The minimum absolute atomic E-state index is 0.128. The molecule has 29 heavy (non-hydrogen) atoms. The second kappa shape index (κ2) is 8.61. The number of aromatic nitrogens is 2. The molecule has 1 heterocycles. The van der Waals surface area contributed by atoms with Gasteiger partial charge in [-0.3, -0.25) is 25.8 Å². The Morgan fingerprint density at radius 3 is 2.52 bits per heavy atom. The van der Waals surface area contributed by atoms with Crippen LogP contribution in [0.3, 0.4) is 0 Å². The molecule has 0 aliphatic carbocycles. The molecule has 10 nitrogen and oxygen atoms in total. The molecule has 0 saturated heterocycles. The highest BCUT2D eigenvalue weighted by molar-refractivity contribution is 5.95. The number of hydrogen-bond donors (Lipinski definition) is 3. The molecule has 0 aliphatic heterocycles. The molecule has 0 saturated carbocycles. The Balaban J connectivity index is 1.86. The van der Waals surface area contributed by atoms with Crippen LogP contribution >= 0.6 is 0 Å². The van der Waals surface area contributed by atoms with Crippen molar-refractivity contribution in [2.75, 3.05) is 17.9 Å². The number of carbonyl (C=O) groups excluding carboxylic acids is 1. The van der Waals surface area contributed by atoms with Crippen LogP contribution in [0.15, 0.2) is 54.9 Å². The predicted molar refractivity (Wildman–Crippen MR) is 102 cm³/mol. The summed E-state index contributed by atoms with van der Waals surface area (Å²) in [6, 6.07) is 12.1. The van der Waals surface area contributed by atoms with Crippen LogP contribution in [0.25, 0.3) is 0 Å². The van der Waals surface area contributed by atoms with Gasteiger partial charge in [-0.05, 0) is 24.3 Å². The second-order valence-corrected chi connectivity index (χ2v) is 5.56. The standard InChI is InChI=1S/C18H15FN6O4/c1-29-14-9-5-4-8-13(14)22-16-15(25(27)28)17(21-10-20-16)23-24-18(26)11-6-2-3-7-12(11)19/h2-10H,1H3,(H,24,26)(H2,20,21,22,23). The van der Waals surface area contributed by atoms with E-state index in [4.69, 9.17) is 4.74 Å². The fraction of sp³-hybridized carbons (Fsp3) is 0.0556. The summed E-state index contributed by atoms with van der Waals surface area (Å²) < 4.78 is 18.9. The number of anilines is 3. The zero-order valence-corrected chi connectivity index (χ0v) is 15.0. The van der Waals surface area contributed by atoms with Gasteiger partial charge in [0, 0.05) is 0 Å². The molecule has 0 bridgehead atoms. The van der Waals surface area contributed by atoms with Crippen molar-refractivity contribution < 1.29 is 18.8 Å². The van der Waals surface area contributed by atoms with Gasteiger partial charge in [0.25, 0.3) is 5.91 Å². The lowest BCUT2D eigenvalue weighted by Crippen LogP contribution is -2.31. The number of amides is 1. The number of methoxy groups -OCH3 is 1. The molecular weight excluding hydrogens is 383 g/mol. The molecular formula is C18H15FN6O4. The summed E-state index contributed by atoms with van der Waals surface area (Å²) in [5.74, 6) is -1.52. The van der Waals surface area contributed by atoms with Gasteiger partial charge < -0.3 is 10.1 Å². The first-order valence-electron chi connectivity index (χ1n) is 8.21. The van der Waals surface area contributed by atoms with E-state index in [1.54, 1.807) is 24.3 Å². The lowest BCUT2D eigenvalue weighted by atomic mass is 10.2. The van der Waals surface area contributed by atoms with Crippen LogP contribution in [0.4, 0.5) is 27.4 Å². The first-order valence-corrected chi connectivity index (χ1v) is 8.21. The quantitative estimate of drug-likeness (QED) is 0.409. The SMILES string of the molecule is COc1ccccc1Nc1ncnc(NNC(=O)c2ccccc2F)c1[N+](=O)[O-]. The molecule has 1 aromatic heterocycles. The molecule has 0 fully saturated rings. The Bertz CT molecular complexity index is 1060. The third-order valence-corrected chi connectivity index (χ3v) is 3.78. The summed E-state index contributed by atoms with van der Waals surface area (Å²) >= 11 is 0. The van der Waals surface area contributed by atoms with Gasteiger partial charge in [-0.25, -0.2) is 14.4 Å². The first kappa shape index (κ1) is 19.5. The number of hydrazine groups is 1. The largest absolute Gasteiger partial charge is 0.495 e. The number of nitrogens with zero attached hydrogens (tertiary/aromatic N) is 3. The third kappa shape index (κ3) is 4.35. The van der Waals surface area contributed by atoms with Gasteiger partial charge in [0.15, 0.2) is 0 Å². The summed E-state index contributed by atoms with van der Waals surface area (Å²) in [5, 5.41) is 14.4. The van der Waals surface area contributed by atoms with E-state index in [1.807, 2.05) is 0 Å². The normalized spacial score (nSPS) is 10.1. The highest BCUT2D eigenvalue weighted by Crippen LogP contribution is 2.33. The molecule has 3 rings (SSSR count). The predicted octanol–water partition coefficient (Wildman–Crippen LogP) is 3.03. The summed E-state index contributed by atoms with van der Waals surface area (Å²) in [6.45, 7) is 0. The van der Waals surface area contributed by atoms with Gasteiger partial charge in [0.1, 0.15) is 17.9 Å². The van der Waals surface area contributed by atoms with Gasteiger partial charge in [0.2, 0.25) is 11.6 Å². The minimum Gasteiger partial charge on any atom is -0.495 e. The van der Waals surface area contributed by atoms with Crippen LogP contribution in [-0.4, -0.2) is 27.9 Å². The number of benzene rings is 2. The average Bonchev–Trinajstić information content (AvgIpc) is 2.72. The average molecular weight is 398 g/mol. The lowest BCUT2D eigenvalue weighted by molar-refractivity contribution is -0.383. The summed E-state index contributed by atoms with van der Waals surface area (Å²) in [7, 11) is 1.46. The van der Waals surface area contributed by atoms with Crippen LogP contribution in [0.2, 0.25) is 0 Å². The first-order chi connectivity index (χ1) is 14.0. The number of nitrogens with one attached hydrogen (secondary N) is 3. The van der Waals surface area contributed by atoms with Crippen LogP contribution in [-0.2, 0) is 0 Å². The number of carbonyl (C=O) groups is 1. The topological polar surface area (TPSA) is 131 Å². The molecule has 0 atom stereocenters. The van der Waals surface area contributed by atoms with E-state index in [9.17, 15) is 19.3 Å². The number of rotatable bonds is 7. The molecule has 148 valence electrons. The van der Waals surface area contributed by atoms with Crippen molar-refractivity contribution in [3.63, 3.8) is 0 Å². The highest BCUT2D eigenvalue weighted by Gasteiger charge is 2.24. The Kier molecular flexibility index (Phi) is 5.78. The maximum absolute atomic E-state index is 13.7. The third-order valence-electron chi connectivity index (χ3n) is 3.78. The fourth-order valence-corrected chi connectivity index (χ4v) is 2.44. The summed E-state index contributed by atoms with van der Waals surface area (Å²) in [5.41, 5.74) is 4.22. The Morgan fingerprint density at radius 2 is 1.79 bits per heavy atom. The van der Waals surface area contributed by atoms with Crippen molar-refractivity contribution >= 4 is 28.9 Å². The van der Waals surface area contributed by atoms with Gasteiger partial charge in [-0.15, -0.1) is 0 Å². The van der Waals surface area contributed by atoms with E-state index in [-0.39, 0.29) is 17.2 Å². The monoisotopic (exact) mass is 398 g/mol. The van der Waals surface area contributed by atoms with Gasteiger partial charge in [-0.1, -0.05) is 24.3 Å². The maximum Gasteiger partial charge on any atom is 0.355 e. The molecule has 3 N–H and O–H groups in total. The number of halogens is 1. The van der Waals surface area contributed by atoms with E-state index in [0.29, 0.717) is 11.4 Å². The van der Waals surface area contributed by atoms with Crippen molar-refractivity contribution in [3.8, 4) is 5.75 Å². The molecule has 1 amide bonds. The Hall–Kier alpha value is -4.28. The van der Waals surface area contributed by atoms with Crippen LogP contribution in [0.5, 0.6) is 5.75 Å². The molecule has 0 aliphatic rings. The lowest BCUT2D eigenvalue weighted by Gasteiger charge is -2.12. The zero-order chi connectivity index (χ0) is 20.8. The molecule has 0 radical (unpaired) electrons. The summed E-state index contributed by atoms with van der Waals surface area (Å²) in [6.07, 6.45) is 1.07. The van der Waals surface area contributed by atoms with E-state index >= 15 is 0 Å². The molecule has 3 aromatic rings. The van der Waals surface area contributed by atoms with E-state index in [1.165, 1.54) is 25.3 Å². The van der Waals surface area contributed by atoms with Crippen molar-refractivity contribution in [2.24, 2.45) is 0 Å². The van der Waals surface area contributed by atoms with Crippen molar-refractivity contribution in [1.82, 2.24) is 15.4 Å². The smallest absolute Gasteiger partial charge is 0.355 e. The van der Waals surface area contributed by atoms with Crippen LogP contribution < -0.4 is 20.9 Å². The van der Waals surface area contributed by atoms with Crippen molar-refractivity contribution in [2.45, 2.75) is 0 Å². The molecule has 0 unspecified atom stereocenters. The van der Waals surface area contributed by atoms with Crippen LogP contribution in [0, 0.1) is 15.9 Å². The van der Waals surface area contributed by atoms with E-state index < -0.39 is 22.3 Å². The highest BCUT2D eigenvalue weighted by atomic mass is 19.1. The number of hydrogen-bond acceptors (Lipinski definition) is 8. The fourth-order valence-electron chi connectivity index (χ4n) is 2.44.